The Kier molecular flexibility index (Phi) is 21.2. The Labute approximate surface area is 33.4 Å². The normalized spacial score (nSPS) is 2.25. The Morgan fingerprint density at radius 3 is 1.75 bits per heavy atom. The minimum absolute atomic E-state index is 0. The SMILES string of the molecule is F.[O]=[Al][Cl]. The molecule has 0 radical (unpaired) electrons. The Morgan fingerprint density at radius 2 is 1.75 bits per heavy atom. The summed E-state index contributed by atoms with van der Waals surface area (Å²) in [6.45, 7) is 0. The Balaban J connectivity index is 0. The summed E-state index contributed by atoms with van der Waals surface area (Å²) in [4.78, 5) is 0. The van der Waals surface area contributed by atoms with Crippen molar-refractivity contribution in [3.05, 3.63) is 0 Å². The topological polar surface area (TPSA) is 17.1 Å². The van der Waals surface area contributed by atoms with Crippen LogP contribution in [0.25, 0.3) is 0 Å². The van der Waals surface area contributed by atoms with Gasteiger partial charge in [-0.3, -0.25) is 4.70 Å². The van der Waals surface area contributed by atoms with E-state index in [-0.39, 0.29) is 4.70 Å². The van der Waals surface area contributed by atoms with Crippen LogP contribution in [0.2, 0.25) is 0 Å². The molecular weight excluding hydrogens is 97.4 g/mol. The predicted octanol–water partition coefficient (Wildman–Crippen LogP) is 0.342. The Hall–Kier alpha value is 0.552. The van der Waals surface area contributed by atoms with Crippen molar-refractivity contribution in [3.8, 4) is 0 Å². The fourth-order valence-electron chi connectivity index (χ4n) is 0. The second-order valence-electron chi connectivity index (χ2n) is 0.0891. The molecule has 0 spiro atoms. The van der Waals surface area contributed by atoms with Gasteiger partial charge in [-0.05, 0) is 0 Å². The second-order valence-corrected chi connectivity index (χ2v) is 0.802. The van der Waals surface area contributed by atoms with Gasteiger partial charge in [0, 0.05) is 0 Å². The maximum atomic E-state index is 8.78. The number of hydrogen-bond donors (Lipinski definition) is 0. The molecule has 0 fully saturated rings. The van der Waals surface area contributed by atoms with Crippen LogP contribution in [0.4, 0.5) is 4.70 Å². The van der Waals surface area contributed by atoms with Crippen LogP contribution in [-0.2, 0) is 3.80 Å². The number of halogens is 2. The molecule has 4 heavy (non-hydrogen) atoms. The van der Waals surface area contributed by atoms with Crippen molar-refractivity contribution in [2.45, 2.75) is 0 Å². The quantitative estimate of drug-likeness (QED) is 0.400. The van der Waals surface area contributed by atoms with Crippen molar-refractivity contribution in [2.75, 3.05) is 0 Å². The third kappa shape index (κ3) is 20.2. The summed E-state index contributed by atoms with van der Waals surface area (Å²) in [5.41, 5.74) is 0. The molecule has 4 heteroatoms. The van der Waals surface area contributed by atoms with E-state index < -0.39 is 14.2 Å². The Morgan fingerprint density at radius 1 is 1.75 bits per heavy atom. The number of rotatable bonds is 0. The molecule has 0 aliphatic heterocycles. The first kappa shape index (κ1) is 8.82. The standard InChI is InChI=1S/Al.ClH.FH.O/h;2*1H;/q+1;;;/p-1. The molecule has 1 nitrogen and oxygen atoms in total. The van der Waals surface area contributed by atoms with Crippen molar-refractivity contribution < 1.29 is 8.51 Å². The Bertz CT molecular complexity index is 15.5. The van der Waals surface area contributed by atoms with Gasteiger partial charge in [-0.1, -0.05) is 0 Å². The molecule has 24 valence electrons. The van der Waals surface area contributed by atoms with E-state index in [0.717, 1.165) is 0 Å². The predicted molar refractivity (Wildman–Crippen MR) is 14.8 cm³/mol. The van der Waals surface area contributed by atoms with Crippen molar-refractivity contribution in [3.63, 3.8) is 0 Å². The molecule has 0 aliphatic rings. The van der Waals surface area contributed by atoms with Crippen molar-refractivity contribution >= 4 is 24.3 Å². The zero-order valence-corrected chi connectivity index (χ0v) is 3.68. The van der Waals surface area contributed by atoms with E-state index >= 15 is 0 Å². The third-order valence-corrected chi connectivity index (χ3v) is 0. The fourth-order valence-corrected chi connectivity index (χ4v) is 0. The van der Waals surface area contributed by atoms with Crippen LogP contribution in [0.5, 0.6) is 0 Å². The molecule has 0 aromatic heterocycles. The summed E-state index contributed by atoms with van der Waals surface area (Å²) < 4.78 is 8.78. The molecule has 0 unspecified atom stereocenters. The second kappa shape index (κ2) is 9.60. The van der Waals surface area contributed by atoms with Gasteiger partial charge >= 0.3 is 28.1 Å². The van der Waals surface area contributed by atoms with Gasteiger partial charge in [-0.2, -0.15) is 0 Å². The van der Waals surface area contributed by atoms with Gasteiger partial charge in [-0.25, -0.2) is 0 Å². The summed E-state index contributed by atoms with van der Waals surface area (Å²) in [6.07, 6.45) is 0. The van der Waals surface area contributed by atoms with E-state index in [1.165, 1.54) is 0 Å². The summed E-state index contributed by atoms with van der Waals surface area (Å²) in [7, 11) is 4.53. The molecule has 0 atom stereocenters. The zero-order valence-electron chi connectivity index (χ0n) is 1.77. The van der Waals surface area contributed by atoms with Crippen molar-refractivity contribution in [2.24, 2.45) is 0 Å². The first-order chi connectivity index (χ1) is 1.41. The average Bonchev–Trinajstić information content (AvgIpc) is 0.918. The van der Waals surface area contributed by atoms with E-state index in [4.69, 9.17) is 3.80 Å². The van der Waals surface area contributed by atoms with Crippen LogP contribution < -0.4 is 0 Å². The molecule has 0 heterocycles. The minimum atomic E-state index is -1.03. The van der Waals surface area contributed by atoms with Crippen LogP contribution >= 0.6 is 10.0 Å². The first-order valence-corrected chi connectivity index (χ1v) is 2.67. The van der Waals surface area contributed by atoms with Gasteiger partial charge in [0.15, 0.2) is 0 Å². The van der Waals surface area contributed by atoms with Crippen LogP contribution in [0, 0.1) is 0 Å². The summed E-state index contributed by atoms with van der Waals surface area (Å²) >= 11 is -1.03. The third-order valence-electron chi connectivity index (χ3n) is 0. The van der Waals surface area contributed by atoms with Gasteiger partial charge < -0.3 is 0 Å². The molecule has 0 saturated carbocycles. The van der Waals surface area contributed by atoms with Gasteiger partial charge in [-0.15, -0.1) is 0 Å². The van der Waals surface area contributed by atoms with E-state index in [9.17, 15) is 0 Å². The molecule has 0 rings (SSSR count). The van der Waals surface area contributed by atoms with Crippen LogP contribution in [0.1, 0.15) is 0 Å². The molecule has 0 aromatic carbocycles. The molecule has 0 saturated heterocycles. The first-order valence-electron chi connectivity index (χ1n) is 0.454. The molecule has 0 bridgehead atoms. The van der Waals surface area contributed by atoms with E-state index in [0.29, 0.717) is 0 Å². The molecule has 0 amide bonds. The molecular formula is HAlClFO. The van der Waals surface area contributed by atoms with E-state index in [1.54, 1.807) is 0 Å². The van der Waals surface area contributed by atoms with Gasteiger partial charge in [0.2, 0.25) is 0 Å². The van der Waals surface area contributed by atoms with E-state index in [2.05, 4.69) is 10.0 Å². The summed E-state index contributed by atoms with van der Waals surface area (Å²) in [5, 5.41) is 0. The van der Waals surface area contributed by atoms with Crippen molar-refractivity contribution in [1.29, 1.82) is 0 Å². The number of hydrogen-bond acceptors (Lipinski definition) is 1. The van der Waals surface area contributed by atoms with Crippen molar-refractivity contribution in [1.82, 2.24) is 0 Å². The van der Waals surface area contributed by atoms with Crippen LogP contribution in [-0.4, -0.2) is 14.2 Å². The van der Waals surface area contributed by atoms with Gasteiger partial charge in [0.05, 0.1) is 0 Å². The van der Waals surface area contributed by atoms with Gasteiger partial charge in [0.25, 0.3) is 0 Å². The fraction of sp³-hybridized carbons (Fsp3) is 0. The van der Waals surface area contributed by atoms with Crippen LogP contribution in [0.15, 0.2) is 0 Å². The van der Waals surface area contributed by atoms with Gasteiger partial charge in [0.1, 0.15) is 0 Å². The zero-order chi connectivity index (χ0) is 2.71. The summed E-state index contributed by atoms with van der Waals surface area (Å²) in [6, 6.07) is 0. The van der Waals surface area contributed by atoms with Crippen LogP contribution in [0.3, 0.4) is 0 Å². The average molecular weight is 98.4 g/mol. The van der Waals surface area contributed by atoms with E-state index in [1.807, 2.05) is 0 Å². The maximum absolute atomic E-state index is 8.78. The molecule has 0 N–H and O–H groups in total. The monoisotopic (exact) mass is 98.0 g/mol. The molecule has 0 aliphatic carbocycles. The molecule has 0 aromatic rings. The summed E-state index contributed by atoms with van der Waals surface area (Å²) in [5.74, 6) is 0.